The molecule has 1 aliphatic heterocycles. The van der Waals surface area contributed by atoms with Gasteiger partial charge < -0.3 is 5.32 Å². The molecule has 0 spiro atoms. The highest BCUT2D eigenvalue weighted by molar-refractivity contribution is 7.99. The second-order valence-corrected chi connectivity index (χ2v) is 4.56. The Bertz CT molecular complexity index is 297. The van der Waals surface area contributed by atoms with Crippen LogP contribution < -0.4 is 5.32 Å². The van der Waals surface area contributed by atoms with Gasteiger partial charge in [-0.25, -0.2) is 4.98 Å². The third kappa shape index (κ3) is 2.45. The lowest BCUT2D eigenvalue weighted by Crippen LogP contribution is -2.23. The topological polar surface area (TPSA) is 37.8 Å². The molecule has 76 valence electrons. The highest BCUT2D eigenvalue weighted by atomic mass is 32.2. The number of aromatic nitrogens is 2. The minimum absolute atomic E-state index is 0.668. The normalized spacial score (nSPS) is 21.4. The van der Waals surface area contributed by atoms with Crippen molar-refractivity contribution < 1.29 is 0 Å². The maximum Gasteiger partial charge on any atom is 0.117 e. The van der Waals surface area contributed by atoms with Crippen molar-refractivity contribution in [3.63, 3.8) is 0 Å². The van der Waals surface area contributed by atoms with Crippen molar-refractivity contribution in [3.05, 3.63) is 18.1 Å². The maximum absolute atomic E-state index is 4.31. The fourth-order valence-electron chi connectivity index (χ4n) is 1.62. The van der Waals surface area contributed by atoms with Crippen LogP contribution >= 0.6 is 11.8 Å². The minimum atomic E-state index is 0.668. The molecule has 0 unspecified atom stereocenters. The summed E-state index contributed by atoms with van der Waals surface area (Å²) in [6.45, 7) is 3.18. The highest BCUT2D eigenvalue weighted by Gasteiger charge is 2.14. The number of hydrogen-bond donors (Lipinski definition) is 1. The van der Waals surface area contributed by atoms with Gasteiger partial charge in [-0.2, -0.15) is 0 Å². The summed E-state index contributed by atoms with van der Waals surface area (Å²) in [6, 6.07) is 0.668. The Labute approximate surface area is 88.7 Å². The van der Waals surface area contributed by atoms with Crippen molar-refractivity contribution in [2.45, 2.75) is 30.8 Å². The maximum atomic E-state index is 4.31. The second-order valence-electron chi connectivity index (χ2n) is 3.55. The van der Waals surface area contributed by atoms with Crippen molar-refractivity contribution in [2.75, 3.05) is 12.3 Å². The zero-order valence-electron chi connectivity index (χ0n) is 8.36. The molecule has 1 aromatic rings. The molecule has 2 rings (SSSR count). The predicted molar refractivity (Wildman–Crippen MR) is 58.5 cm³/mol. The average molecular weight is 209 g/mol. The number of aryl methyl sites for hydroxylation is 1. The fraction of sp³-hybridized carbons (Fsp3) is 0.600. The third-order valence-electron chi connectivity index (χ3n) is 2.42. The zero-order valence-corrected chi connectivity index (χ0v) is 9.18. The molecule has 0 radical (unpaired) electrons. The molecule has 4 heteroatoms. The van der Waals surface area contributed by atoms with E-state index in [0.29, 0.717) is 6.04 Å². The highest BCUT2D eigenvalue weighted by Crippen LogP contribution is 2.20. The van der Waals surface area contributed by atoms with Crippen molar-refractivity contribution >= 4 is 11.8 Å². The fourth-order valence-corrected chi connectivity index (χ4v) is 2.66. The summed E-state index contributed by atoms with van der Waals surface area (Å²) in [4.78, 5) is 8.53. The number of nitrogens with zero attached hydrogens (tertiary/aromatic N) is 2. The van der Waals surface area contributed by atoms with Gasteiger partial charge in [0.2, 0.25) is 0 Å². The molecule has 1 N–H and O–H groups in total. The molecular weight excluding hydrogens is 194 g/mol. The first-order valence-corrected chi connectivity index (χ1v) is 5.98. The van der Waals surface area contributed by atoms with Gasteiger partial charge in [-0.15, -0.1) is 11.8 Å². The van der Waals surface area contributed by atoms with Gasteiger partial charge in [-0.3, -0.25) is 4.98 Å². The van der Waals surface area contributed by atoms with E-state index < -0.39 is 0 Å². The molecule has 3 nitrogen and oxygen atoms in total. The van der Waals surface area contributed by atoms with Crippen LogP contribution in [0, 0.1) is 6.92 Å². The molecule has 0 aromatic carbocycles. The van der Waals surface area contributed by atoms with Gasteiger partial charge in [0.15, 0.2) is 0 Å². The third-order valence-corrected chi connectivity index (χ3v) is 3.66. The standard InChI is InChI=1S/C10H15N3S/c1-8-10(13-6-5-11-8)14-7-9-3-2-4-12-9/h5-6,9,12H,2-4,7H2,1H3/t9-/m0/s1. The van der Waals surface area contributed by atoms with Gasteiger partial charge in [-0.1, -0.05) is 0 Å². The van der Waals surface area contributed by atoms with Crippen LogP contribution in [0.25, 0.3) is 0 Å². The van der Waals surface area contributed by atoms with Crippen LogP contribution in [0.5, 0.6) is 0 Å². The average Bonchev–Trinajstić information content (AvgIpc) is 2.69. The zero-order chi connectivity index (χ0) is 9.80. The Morgan fingerprint density at radius 3 is 3.07 bits per heavy atom. The van der Waals surface area contributed by atoms with Gasteiger partial charge in [0.1, 0.15) is 5.03 Å². The Balaban J connectivity index is 1.88. The number of hydrogen-bond acceptors (Lipinski definition) is 4. The van der Waals surface area contributed by atoms with Gasteiger partial charge in [0.25, 0.3) is 0 Å². The van der Waals surface area contributed by atoms with Crippen LogP contribution in [0.15, 0.2) is 17.4 Å². The SMILES string of the molecule is Cc1nccnc1SC[C@@H]1CCCN1. The summed E-state index contributed by atoms with van der Waals surface area (Å²) in [7, 11) is 0. The van der Waals surface area contributed by atoms with Crippen LogP contribution in [-0.2, 0) is 0 Å². The van der Waals surface area contributed by atoms with Gasteiger partial charge in [0, 0.05) is 24.2 Å². The summed E-state index contributed by atoms with van der Waals surface area (Å²) in [6.07, 6.45) is 6.11. The Kier molecular flexibility index (Phi) is 3.37. The van der Waals surface area contributed by atoms with Crippen molar-refractivity contribution in [2.24, 2.45) is 0 Å². The van der Waals surface area contributed by atoms with Crippen molar-refractivity contribution in [1.82, 2.24) is 15.3 Å². The predicted octanol–water partition coefficient (Wildman–Crippen LogP) is 1.63. The lowest BCUT2D eigenvalue weighted by molar-refractivity contribution is 0.673. The van der Waals surface area contributed by atoms with E-state index in [-0.39, 0.29) is 0 Å². The van der Waals surface area contributed by atoms with Crippen LogP contribution in [0.1, 0.15) is 18.5 Å². The summed E-state index contributed by atoms with van der Waals surface area (Å²) >= 11 is 1.81. The van der Waals surface area contributed by atoms with Crippen LogP contribution in [-0.4, -0.2) is 28.3 Å². The summed E-state index contributed by atoms with van der Waals surface area (Å²) < 4.78 is 0. The Morgan fingerprint density at radius 2 is 2.36 bits per heavy atom. The number of thioether (sulfide) groups is 1. The van der Waals surface area contributed by atoms with E-state index in [1.165, 1.54) is 19.4 Å². The molecule has 1 aromatic heterocycles. The lowest BCUT2D eigenvalue weighted by atomic mass is 10.3. The molecule has 2 heterocycles. The van der Waals surface area contributed by atoms with Gasteiger partial charge in [-0.05, 0) is 26.3 Å². The van der Waals surface area contributed by atoms with E-state index in [1.807, 2.05) is 18.7 Å². The van der Waals surface area contributed by atoms with Gasteiger partial charge in [0.05, 0.1) is 5.69 Å². The first-order valence-electron chi connectivity index (χ1n) is 5.00. The lowest BCUT2D eigenvalue weighted by Gasteiger charge is -2.09. The summed E-state index contributed by atoms with van der Waals surface area (Å²) in [5.41, 5.74) is 1.04. The molecule has 0 bridgehead atoms. The minimum Gasteiger partial charge on any atom is -0.313 e. The molecule has 1 saturated heterocycles. The molecule has 1 atom stereocenters. The van der Waals surface area contributed by atoms with E-state index in [0.717, 1.165) is 16.5 Å². The number of rotatable bonds is 3. The smallest absolute Gasteiger partial charge is 0.117 e. The van der Waals surface area contributed by atoms with Crippen LogP contribution in [0.3, 0.4) is 0 Å². The monoisotopic (exact) mass is 209 g/mol. The van der Waals surface area contributed by atoms with Gasteiger partial charge >= 0.3 is 0 Å². The van der Waals surface area contributed by atoms with E-state index >= 15 is 0 Å². The van der Waals surface area contributed by atoms with Crippen molar-refractivity contribution in [1.29, 1.82) is 0 Å². The summed E-state index contributed by atoms with van der Waals surface area (Å²) in [5.74, 6) is 1.11. The second kappa shape index (κ2) is 4.75. The van der Waals surface area contributed by atoms with Crippen LogP contribution in [0.4, 0.5) is 0 Å². The molecule has 0 saturated carbocycles. The van der Waals surface area contributed by atoms with Crippen LogP contribution in [0.2, 0.25) is 0 Å². The summed E-state index contributed by atoms with van der Waals surface area (Å²) in [5, 5.41) is 4.55. The Morgan fingerprint density at radius 1 is 1.50 bits per heavy atom. The quantitative estimate of drug-likeness (QED) is 0.768. The molecule has 14 heavy (non-hydrogen) atoms. The van der Waals surface area contributed by atoms with E-state index in [2.05, 4.69) is 15.3 Å². The molecular formula is C10H15N3S. The largest absolute Gasteiger partial charge is 0.313 e. The van der Waals surface area contributed by atoms with E-state index in [1.54, 1.807) is 12.4 Å². The molecule has 0 aliphatic carbocycles. The van der Waals surface area contributed by atoms with E-state index in [4.69, 9.17) is 0 Å². The molecule has 1 fully saturated rings. The molecule has 1 aliphatic rings. The first kappa shape index (κ1) is 9.93. The number of nitrogens with one attached hydrogen (secondary N) is 1. The van der Waals surface area contributed by atoms with E-state index in [9.17, 15) is 0 Å². The first-order chi connectivity index (χ1) is 6.86. The Hall–Kier alpha value is -0.610. The van der Waals surface area contributed by atoms with Crippen molar-refractivity contribution in [3.8, 4) is 0 Å². The molecule has 0 amide bonds.